The molecular formula is C19H13Cl3N2O3. The molecule has 1 saturated carbocycles. The number of rotatable bonds is 2. The minimum absolute atomic E-state index is 0.246. The van der Waals surface area contributed by atoms with Crippen LogP contribution in [0.25, 0.3) is 0 Å². The monoisotopic (exact) mass is 422 g/mol. The number of carbonyl (C=O) groups is 2. The molecular weight excluding hydrogens is 411 g/mol. The fourth-order valence-corrected chi connectivity index (χ4v) is 3.94. The summed E-state index contributed by atoms with van der Waals surface area (Å²) < 4.78 is 5.89. The van der Waals surface area contributed by atoms with Crippen molar-refractivity contribution in [2.75, 3.05) is 5.32 Å². The first kappa shape index (κ1) is 18.3. The van der Waals surface area contributed by atoms with E-state index < -0.39 is 22.2 Å². The third kappa shape index (κ3) is 3.31. The van der Waals surface area contributed by atoms with E-state index in [2.05, 4.69) is 10.3 Å². The van der Waals surface area contributed by atoms with Gasteiger partial charge in [-0.3, -0.25) is 9.59 Å². The summed E-state index contributed by atoms with van der Waals surface area (Å²) in [5.41, 5.74) is 2.04. The molecule has 138 valence electrons. The molecule has 1 N–H and O–H groups in total. The van der Waals surface area contributed by atoms with Crippen LogP contribution in [0.15, 0.2) is 53.5 Å². The van der Waals surface area contributed by atoms with Crippen LogP contribution in [-0.2, 0) is 4.79 Å². The van der Waals surface area contributed by atoms with Gasteiger partial charge in [-0.1, -0.05) is 18.2 Å². The van der Waals surface area contributed by atoms with E-state index in [0.717, 1.165) is 0 Å². The number of carbonyl (C=O) groups excluding carboxylic acids is 2. The second-order valence-electron chi connectivity index (χ2n) is 6.19. The maximum absolute atomic E-state index is 12.3. The maximum Gasteiger partial charge on any atom is 0.255 e. The van der Waals surface area contributed by atoms with Gasteiger partial charge in [0, 0.05) is 17.3 Å². The summed E-state index contributed by atoms with van der Waals surface area (Å²) in [4.78, 5) is 28.9. The molecule has 0 spiro atoms. The highest BCUT2D eigenvalue weighted by atomic mass is 35.5. The Balaban J connectivity index is 1.62. The molecule has 0 radical (unpaired) electrons. The van der Waals surface area contributed by atoms with Crippen molar-refractivity contribution < 1.29 is 14.3 Å². The number of hydrogen-bond donors (Lipinski definition) is 1. The van der Waals surface area contributed by atoms with Gasteiger partial charge in [-0.25, -0.2) is 4.99 Å². The number of Topliss-reactive ketones (excluding diaryl/α,β-unsaturated/α-hetero) is 1. The van der Waals surface area contributed by atoms with Crippen LogP contribution in [0, 0.1) is 0 Å². The second-order valence-corrected chi connectivity index (χ2v) is 7.60. The SMILES string of the molecule is O=C(Nc1ccc2c(c1)OC1C(=N2)C(Cl)C(Cl)C(=O)C1Cl)c1ccccc1. The highest BCUT2D eigenvalue weighted by Gasteiger charge is 2.49. The lowest BCUT2D eigenvalue weighted by Crippen LogP contribution is -2.56. The highest BCUT2D eigenvalue weighted by molar-refractivity contribution is 6.51. The van der Waals surface area contributed by atoms with Gasteiger partial charge in [0.1, 0.15) is 22.2 Å². The number of ether oxygens (including phenoxy) is 1. The molecule has 0 aromatic heterocycles. The highest BCUT2D eigenvalue weighted by Crippen LogP contribution is 2.40. The summed E-state index contributed by atoms with van der Waals surface area (Å²) in [7, 11) is 0. The number of nitrogens with zero attached hydrogens (tertiary/aromatic N) is 1. The standard InChI is InChI=1S/C19H13Cl3N2O3/c20-13-14(21)17(25)15(22)18-16(13)24-11-7-6-10(8-12(11)27-18)23-19(26)9-4-2-1-3-5-9/h1-8,13-15,18H,(H,23,26). The Bertz CT molecular complexity index is 948. The van der Waals surface area contributed by atoms with E-state index in [1.54, 1.807) is 42.5 Å². The number of aliphatic imine (C=N–C) groups is 1. The molecule has 2 aliphatic rings. The number of hydrogen-bond acceptors (Lipinski definition) is 4. The van der Waals surface area contributed by atoms with E-state index in [1.165, 1.54) is 0 Å². The zero-order chi connectivity index (χ0) is 19.1. The van der Waals surface area contributed by atoms with Crippen LogP contribution >= 0.6 is 34.8 Å². The lowest BCUT2D eigenvalue weighted by molar-refractivity contribution is -0.119. The van der Waals surface area contributed by atoms with Crippen LogP contribution in [0.1, 0.15) is 10.4 Å². The normalized spacial score (nSPS) is 26.3. The van der Waals surface area contributed by atoms with E-state index >= 15 is 0 Å². The molecule has 0 bridgehead atoms. The topological polar surface area (TPSA) is 67.8 Å². The molecule has 0 saturated heterocycles. The van der Waals surface area contributed by atoms with E-state index in [9.17, 15) is 9.59 Å². The van der Waals surface area contributed by atoms with Crippen LogP contribution < -0.4 is 10.1 Å². The molecule has 4 rings (SSSR count). The number of ketones is 1. The molecule has 1 amide bonds. The number of halogens is 3. The molecule has 5 nitrogen and oxygen atoms in total. The Morgan fingerprint density at radius 3 is 2.48 bits per heavy atom. The van der Waals surface area contributed by atoms with Crippen LogP contribution in [0.4, 0.5) is 11.4 Å². The summed E-state index contributed by atoms with van der Waals surface area (Å²) >= 11 is 18.5. The van der Waals surface area contributed by atoms with Crippen molar-refractivity contribution in [2.45, 2.75) is 22.2 Å². The predicted molar refractivity (Wildman–Crippen MR) is 106 cm³/mol. The number of alkyl halides is 3. The van der Waals surface area contributed by atoms with E-state index in [-0.39, 0.29) is 11.7 Å². The van der Waals surface area contributed by atoms with E-state index in [1.807, 2.05) is 6.07 Å². The molecule has 1 aliphatic heterocycles. The predicted octanol–water partition coefficient (Wildman–Crippen LogP) is 4.18. The molecule has 1 aliphatic carbocycles. The zero-order valence-electron chi connectivity index (χ0n) is 13.7. The average molecular weight is 424 g/mol. The summed E-state index contributed by atoms with van der Waals surface area (Å²) in [5.74, 6) is -0.228. The van der Waals surface area contributed by atoms with Gasteiger partial charge in [0.25, 0.3) is 5.91 Å². The molecule has 1 heterocycles. The number of benzene rings is 2. The fourth-order valence-electron chi connectivity index (χ4n) is 2.99. The Hall–Kier alpha value is -2.08. The van der Waals surface area contributed by atoms with Gasteiger partial charge in [-0.2, -0.15) is 0 Å². The first-order chi connectivity index (χ1) is 13.0. The van der Waals surface area contributed by atoms with Crippen molar-refractivity contribution in [3.8, 4) is 5.75 Å². The van der Waals surface area contributed by atoms with Crippen LogP contribution in [0.2, 0.25) is 0 Å². The molecule has 2 aromatic rings. The van der Waals surface area contributed by atoms with Crippen LogP contribution in [0.5, 0.6) is 5.75 Å². The minimum Gasteiger partial charge on any atom is -0.480 e. The Morgan fingerprint density at radius 2 is 1.74 bits per heavy atom. The van der Waals surface area contributed by atoms with Gasteiger partial charge in [-0.15, -0.1) is 34.8 Å². The van der Waals surface area contributed by atoms with Crippen molar-refractivity contribution >= 4 is 63.6 Å². The number of fused-ring (bicyclic) bond motifs is 2. The molecule has 4 unspecified atom stereocenters. The average Bonchev–Trinajstić information content (AvgIpc) is 2.70. The summed E-state index contributed by atoms with van der Waals surface area (Å²) in [6, 6.07) is 13.9. The Kier molecular flexibility index (Phi) is 4.84. The summed E-state index contributed by atoms with van der Waals surface area (Å²) in [5, 5.41) is 0.0938. The van der Waals surface area contributed by atoms with Gasteiger partial charge in [-0.05, 0) is 24.3 Å². The molecule has 8 heteroatoms. The lowest BCUT2D eigenvalue weighted by atomic mass is 9.91. The number of anilines is 1. The third-order valence-electron chi connectivity index (χ3n) is 4.40. The van der Waals surface area contributed by atoms with Gasteiger partial charge in [0.2, 0.25) is 0 Å². The Morgan fingerprint density at radius 1 is 1.00 bits per heavy atom. The first-order valence-corrected chi connectivity index (χ1v) is 9.48. The Labute approximate surface area is 170 Å². The fraction of sp³-hybridized carbons (Fsp3) is 0.211. The van der Waals surface area contributed by atoms with Crippen molar-refractivity contribution in [1.29, 1.82) is 0 Å². The van der Waals surface area contributed by atoms with E-state index in [4.69, 9.17) is 39.5 Å². The number of nitrogens with one attached hydrogen (secondary N) is 1. The summed E-state index contributed by atoms with van der Waals surface area (Å²) in [6.45, 7) is 0. The zero-order valence-corrected chi connectivity index (χ0v) is 16.0. The van der Waals surface area contributed by atoms with Crippen LogP contribution in [-0.4, -0.2) is 39.6 Å². The molecule has 27 heavy (non-hydrogen) atoms. The van der Waals surface area contributed by atoms with E-state index in [0.29, 0.717) is 28.4 Å². The van der Waals surface area contributed by atoms with Crippen molar-refractivity contribution in [3.63, 3.8) is 0 Å². The van der Waals surface area contributed by atoms with Crippen LogP contribution in [0.3, 0.4) is 0 Å². The van der Waals surface area contributed by atoms with Crippen molar-refractivity contribution in [1.82, 2.24) is 0 Å². The largest absolute Gasteiger partial charge is 0.480 e. The first-order valence-electron chi connectivity index (χ1n) is 8.17. The summed E-state index contributed by atoms with van der Waals surface area (Å²) in [6.07, 6.45) is -0.788. The van der Waals surface area contributed by atoms with Crippen molar-refractivity contribution in [2.24, 2.45) is 4.99 Å². The minimum atomic E-state index is -0.975. The third-order valence-corrected chi connectivity index (χ3v) is 5.91. The smallest absolute Gasteiger partial charge is 0.255 e. The number of amides is 1. The van der Waals surface area contributed by atoms with Crippen molar-refractivity contribution in [3.05, 3.63) is 54.1 Å². The second kappa shape index (κ2) is 7.15. The lowest BCUT2D eigenvalue weighted by Gasteiger charge is -2.36. The molecule has 1 fully saturated rings. The molecule has 2 aromatic carbocycles. The van der Waals surface area contributed by atoms with Gasteiger partial charge < -0.3 is 10.1 Å². The van der Waals surface area contributed by atoms with Gasteiger partial charge in [0.15, 0.2) is 11.9 Å². The van der Waals surface area contributed by atoms with Gasteiger partial charge >= 0.3 is 0 Å². The quantitative estimate of drug-likeness (QED) is 0.737. The molecule has 4 atom stereocenters. The van der Waals surface area contributed by atoms with Gasteiger partial charge in [0.05, 0.1) is 11.1 Å². The maximum atomic E-state index is 12.3.